The highest BCUT2D eigenvalue weighted by atomic mass is 16.5. The Labute approximate surface area is 606 Å². The number of hydrogen-bond donors (Lipinski definition) is 14. The number of para-hydroxylation sites is 2. The number of aromatic amines is 6. The summed E-state index contributed by atoms with van der Waals surface area (Å²) in [6.07, 6.45) is 26.0. The molecule has 2 aromatic carbocycles. The second-order valence-electron chi connectivity index (χ2n) is 26.4. The zero-order valence-corrected chi connectivity index (χ0v) is 59.3. The summed E-state index contributed by atoms with van der Waals surface area (Å²) in [5.74, 6) is -5.29. The molecule has 0 bridgehead atoms. The molecule has 0 unspecified atom stereocenters. The number of nitrogens with zero attached hydrogens (tertiary/aromatic N) is 15. The highest BCUT2D eigenvalue weighted by Gasteiger charge is 2.44. The molecule has 6 aromatic heterocycles. The van der Waals surface area contributed by atoms with E-state index in [2.05, 4.69) is 206 Å². The fourth-order valence-corrected chi connectivity index (χ4v) is 12.7. The van der Waals surface area contributed by atoms with Crippen LogP contribution in [0.1, 0.15) is 112 Å². The number of ether oxygens (including phenoxy) is 2. The van der Waals surface area contributed by atoms with E-state index in [-0.39, 0.29) is 88.2 Å². The van der Waals surface area contributed by atoms with Gasteiger partial charge in [-0.3, -0.25) is 0 Å². The zero-order valence-electron chi connectivity index (χ0n) is 59.3. The molecular formula is C73H92N21O11+. The van der Waals surface area contributed by atoms with Crippen molar-refractivity contribution in [3.8, 4) is 0 Å². The molecular weight excluding hydrogens is 1350 g/mol. The number of carboxylic acid groups (broad SMARTS) is 1. The number of nitrogens with one attached hydrogen (secondary N) is 6. The quantitative estimate of drug-likeness (QED) is 0.00735. The Morgan fingerprint density at radius 2 is 0.914 bits per heavy atom. The number of fused-ring (bicyclic) bond motifs is 2. The van der Waals surface area contributed by atoms with Gasteiger partial charge in [0.25, 0.3) is 0 Å². The molecule has 0 saturated carbocycles. The van der Waals surface area contributed by atoms with Crippen LogP contribution in [0.2, 0.25) is 0 Å². The maximum Gasteiger partial charge on any atom is 0.328 e. The van der Waals surface area contributed by atoms with Crippen LogP contribution in [0.15, 0.2) is 183 Å². The molecule has 0 fully saturated rings. The number of aliphatic carboxylic acids is 1. The number of hydrogen-bond acceptors (Lipinski definition) is 17. The van der Waals surface area contributed by atoms with Crippen molar-refractivity contribution in [3.63, 3.8) is 0 Å². The number of anilines is 1. The van der Waals surface area contributed by atoms with Crippen LogP contribution in [0.5, 0.6) is 0 Å². The second kappa shape index (κ2) is 36.5. The van der Waals surface area contributed by atoms with Gasteiger partial charge in [-0.05, 0) is 51.3 Å². The van der Waals surface area contributed by atoms with Gasteiger partial charge >= 0.3 is 5.97 Å². The molecule has 2 aliphatic heterocycles. The van der Waals surface area contributed by atoms with Crippen LogP contribution >= 0.6 is 0 Å². The van der Waals surface area contributed by atoms with Gasteiger partial charge < -0.3 is 85.1 Å². The topological polar surface area (TPSA) is 462 Å². The first-order chi connectivity index (χ1) is 50.7. The molecule has 10 rings (SSSR count). The lowest BCUT2D eigenvalue weighted by atomic mass is 9.81. The number of H-pyrrole nitrogens is 6. The average molecular weight is 1440 g/mol. The number of unbranched alkanes of at least 4 members (excludes halogenated alkanes) is 2. The van der Waals surface area contributed by atoms with Crippen LogP contribution in [-0.4, -0.2) is 234 Å². The lowest BCUT2D eigenvalue weighted by Crippen LogP contribution is -2.34. The van der Waals surface area contributed by atoms with Gasteiger partial charge in [0.05, 0.1) is 63.2 Å². The van der Waals surface area contributed by atoms with E-state index < -0.39 is 77.6 Å². The van der Waals surface area contributed by atoms with E-state index in [4.69, 9.17) is 9.47 Å². The minimum Gasteiger partial charge on any atom is -0.497 e. The van der Waals surface area contributed by atoms with E-state index in [9.17, 15) is 45.6 Å². The molecule has 32 nitrogen and oxygen atoms in total. The van der Waals surface area contributed by atoms with Crippen LogP contribution in [0.3, 0.4) is 0 Å². The summed E-state index contributed by atoms with van der Waals surface area (Å²) in [4.78, 5) is 87.3. The molecule has 8 heterocycles. The monoisotopic (exact) mass is 1440 g/mol. The van der Waals surface area contributed by atoms with Gasteiger partial charge in [-0.25, -0.2) is 69.6 Å². The van der Waals surface area contributed by atoms with Crippen molar-refractivity contribution in [3.05, 3.63) is 193 Å². The Morgan fingerprint density at radius 1 is 0.495 bits per heavy atom. The molecule has 14 N–H and O–H groups in total. The Balaban J connectivity index is 0.758. The summed E-state index contributed by atoms with van der Waals surface area (Å²) in [6, 6.07) is 8.85. The number of aliphatic imine (C=N–C) groups is 7. The number of aromatic nitrogens is 12. The number of imidazole rings is 6. The number of rotatable bonds is 41. The number of allylic oxidation sites excluding steroid dienone is 4. The first-order valence-corrected chi connectivity index (χ1v) is 34.8. The van der Waals surface area contributed by atoms with Crippen LogP contribution < -0.4 is 4.90 Å². The summed E-state index contributed by atoms with van der Waals surface area (Å²) in [6.45, 7) is 13.3. The van der Waals surface area contributed by atoms with Crippen molar-refractivity contribution in [1.29, 1.82) is 0 Å². The van der Waals surface area contributed by atoms with Gasteiger partial charge in [0, 0.05) is 164 Å². The predicted molar refractivity (Wildman–Crippen MR) is 398 cm³/mol. The van der Waals surface area contributed by atoms with E-state index in [1.54, 1.807) is 0 Å². The van der Waals surface area contributed by atoms with Gasteiger partial charge in [0.1, 0.15) is 43.5 Å². The molecule has 0 aliphatic carbocycles. The summed E-state index contributed by atoms with van der Waals surface area (Å²) >= 11 is 0. The lowest BCUT2D eigenvalue weighted by molar-refractivity contribution is -0.433. The summed E-state index contributed by atoms with van der Waals surface area (Å²) in [5, 5.41) is 91.4. The van der Waals surface area contributed by atoms with Crippen molar-refractivity contribution in [2.75, 3.05) is 44.5 Å². The number of aliphatic hydroxyl groups excluding tert-OH is 7. The Kier molecular flexibility index (Phi) is 26.4. The standard InChI is InChI=1S/C73H91N21O11/c1-6-93-60-17-11-9-15-52(60)72(2,3)62(93)19-14-20-63-73(4,5)53-16-10-12-18-61(53)94(63)23-13-7-8-21-64(95)86-45-105-26-25-104-24-22-65(96)87-54(27-46-33-74-39-80-46)66(97)88-55(28-47-34-75-40-81-47)67(98)89-56(29-48-35-76-41-82-48)68(99)90-57(30-49-36-77-42-83-49)69(100)91-58(31-50-37-78-43-84-50)70(101)92-59(71(102)103)32-51-38-79-44-85-51/h9-12,14-20,33-44,54-59H,6-8,13,21-32,45H2,1-5H3,(H13-,74,75,76,77,78,79,80,81,82,83,84,85,86,87,88,89,90,91,92,95,96,97,98,99,100,101,102,103)/p+1/t54-,55-,56-,57-,58-,59-/m0/s1. The van der Waals surface area contributed by atoms with E-state index in [1.807, 2.05) is 0 Å². The summed E-state index contributed by atoms with van der Waals surface area (Å²) in [5.41, 5.74) is 10.0. The average Bonchev–Trinajstić information content (AvgIpc) is 1.60. The molecule has 0 spiro atoms. The molecule has 105 heavy (non-hydrogen) atoms. The number of benzene rings is 2. The van der Waals surface area contributed by atoms with E-state index in [0.29, 0.717) is 40.6 Å². The Morgan fingerprint density at radius 3 is 1.36 bits per heavy atom. The summed E-state index contributed by atoms with van der Waals surface area (Å²) in [7, 11) is 0. The largest absolute Gasteiger partial charge is 0.497 e. The van der Waals surface area contributed by atoms with Gasteiger partial charge in [-0.15, -0.1) is 0 Å². The molecule has 554 valence electrons. The van der Waals surface area contributed by atoms with Crippen LogP contribution in [-0.2, 0) is 63.6 Å². The van der Waals surface area contributed by atoms with Crippen LogP contribution in [0, 0.1) is 0 Å². The van der Waals surface area contributed by atoms with E-state index >= 15 is 0 Å². The SMILES string of the molecule is CC[N+]1=C(C=CC=C2N(CCCCCC(O)=NCOCCOCCC(O)=N[C@@H](Cc3cnc[nH]3)C(O)=N[C@@H](Cc3cnc[nH]3)C(O)=N[C@@H](Cc3cnc[nH]3)C(O)=N[C@@H](Cc3cnc[nH]3)C(O)=N[C@@H](Cc3cnc[nH]3)C(O)=N[C@@H](Cc3cnc[nH]3)C(=O)O)c3ccccc3C2(C)C)C(C)(C)c2ccccc21. The maximum atomic E-state index is 12.4. The molecule has 0 saturated heterocycles. The van der Waals surface area contributed by atoms with Crippen molar-refractivity contribution >= 4 is 64.3 Å². The first-order valence-electron chi connectivity index (χ1n) is 34.8. The van der Waals surface area contributed by atoms with Crippen molar-refractivity contribution in [1.82, 2.24) is 59.8 Å². The lowest BCUT2D eigenvalue weighted by Gasteiger charge is -2.27. The van der Waals surface area contributed by atoms with Crippen molar-refractivity contribution in [2.24, 2.45) is 34.9 Å². The molecule has 8 aromatic rings. The highest BCUT2D eigenvalue weighted by Crippen LogP contribution is 2.48. The minimum atomic E-state index is -1.49. The third-order valence-corrected chi connectivity index (χ3v) is 18.2. The zero-order chi connectivity index (χ0) is 74.3. The fourth-order valence-electron chi connectivity index (χ4n) is 12.7. The second-order valence-corrected chi connectivity index (χ2v) is 26.4. The Hall–Kier alpha value is -11.7. The fraction of sp³-hybridized carbons (Fsp3) is 0.411. The van der Waals surface area contributed by atoms with E-state index in [0.717, 1.165) is 32.4 Å². The normalized spacial score (nSPS) is 17.4. The highest BCUT2D eigenvalue weighted by molar-refractivity contribution is 6.03. The van der Waals surface area contributed by atoms with E-state index in [1.165, 1.54) is 109 Å². The third-order valence-electron chi connectivity index (χ3n) is 18.2. The number of carboxylic acids is 1. The number of carbonyl (C=O) groups is 1. The molecule has 6 atom stereocenters. The molecule has 0 radical (unpaired) electrons. The predicted octanol–water partition coefficient (Wildman–Crippen LogP) is 9.05. The van der Waals surface area contributed by atoms with Crippen molar-refractivity contribution in [2.45, 2.75) is 152 Å². The molecule has 32 heteroatoms. The van der Waals surface area contributed by atoms with Gasteiger partial charge in [0.15, 0.2) is 23.5 Å². The number of aliphatic hydroxyl groups is 7. The molecule has 0 amide bonds. The van der Waals surface area contributed by atoms with Crippen LogP contribution in [0.4, 0.5) is 11.4 Å². The summed E-state index contributed by atoms with van der Waals surface area (Å²) < 4.78 is 13.8. The van der Waals surface area contributed by atoms with Crippen LogP contribution in [0.25, 0.3) is 0 Å². The third kappa shape index (κ3) is 20.6. The smallest absolute Gasteiger partial charge is 0.328 e. The van der Waals surface area contributed by atoms with Crippen molar-refractivity contribution < 1.29 is 59.7 Å². The Bertz CT molecular complexity index is 4380. The minimum absolute atomic E-state index is 0.00519. The molecule has 2 aliphatic rings. The van der Waals surface area contributed by atoms with Gasteiger partial charge in [-0.2, -0.15) is 4.58 Å². The first kappa shape index (κ1) is 76.0. The van der Waals surface area contributed by atoms with Gasteiger partial charge in [0.2, 0.25) is 35.2 Å². The van der Waals surface area contributed by atoms with Gasteiger partial charge in [-0.1, -0.05) is 62.7 Å². The maximum absolute atomic E-state index is 12.4.